The first-order valence-electron chi connectivity index (χ1n) is 12.5. The molecule has 2 heterocycles. The molecule has 1 saturated carbocycles. The van der Waals surface area contributed by atoms with E-state index in [4.69, 9.17) is 4.74 Å². The van der Waals surface area contributed by atoms with Crippen molar-refractivity contribution in [3.63, 3.8) is 0 Å². The normalized spacial score (nSPS) is 24.0. The molecular weight excluding hydrogens is 441 g/mol. The molecular formula is C29H32FN3O2. The molecule has 1 aliphatic heterocycles. The topological polar surface area (TPSA) is 54.5 Å². The van der Waals surface area contributed by atoms with Crippen LogP contribution in [0.2, 0.25) is 0 Å². The Hall–Kier alpha value is -3.09. The number of halogens is 1. The van der Waals surface area contributed by atoms with Crippen LogP contribution in [0, 0.1) is 11.7 Å². The van der Waals surface area contributed by atoms with Crippen LogP contribution in [-0.2, 0) is 9.53 Å². The number of morpholine rings is 1. The zero-order valence-electron chi connectivity index (χ0n) is 19.9. The molecule has 2 fully saturated rings. The van der Waals surface area contributed by atoms with Gasteiger partial charge >= 0.3 is 0 Å². The second-order valence-electron chi connectivity index (χ2n) is 9.51. The molecule has 0 radical (unpaired) electrons. The van der Waals surface area contributed by atoms with E-state index in [-0.39, 0.29) is 29.6 Å². The maximum atomic E-state index is 13.9. The molecule has 5 rings (SSSR count). The Morgan fingerprint density at radius 3 is 2.34 bits per heavy atom. The maximum Gasteiger partial charge on any atom is 0.224 e. The first-order valence-corrected chi connectivity index (χ1v) is 12.5. The van der Waals surface area contributed by atoms with Gasteiger partial charge in [-0.3, -0.25) is 14.7 Å². The van der Waals surface area contributed by atoms with Gasteiger partial charge in [-0.05, 0) is 66.1 Å². The highest BCUT2D eigenvalue weighted by Gasteiger charge is 2.39. The number of carbonyl (C=O) groups excluding carboxylic acids is 1. The lowest BCUT2D eigenvalue weighted by atomic mass is 9.72. The lowest BCUT2D eigenvalue weighted by molar-refractivity contribution is -0.127. The Bertz CT molecular complexity index is 1090. The maximum absolute atomic E-state index is 13.9. The third-order valence-electron chi connectivity index (χ3n) is 7.48. The summed E-state index contributed by atoms with van der Waals surface area (Å²) in [6.45, 7) is 3.47. The number of carbonyl (C=O) groups is 1. The number of hydrogen-bond donors (Lipinski definition) is 1. The molecule has 2 aliphatic rings. The molecule has 1 aliphatic carbocycles. The van der Waals surface area contributed by atoms with Gasteiger partial charge in [0.05, 0.1) is 19.3 Å². The Morgan fingerprint density at radius 1 is 0.943 bits per heavy atom. The average Bonchev–Trinajstić information content (AvgIpc) is 2.93. The zero-order valence-corrected chi connectivity index (χ0v) is 19.9. The molecule has 4 atom stereocenters. The van der Waals surface area contributed by atoms with Crippen molar-refractivity contribution >= 4 is 5.91 Å². The van der Waals surface area contributed by atoms with Crippen LogP contribution in [0.25, 0.3) is 0 Å². The van der Waals surface area contributed by atoms with E-state index in [9.17, 15) is 9.18 Å². The number of benzene rings is 2. The molecule has 1 amide bonds. The van der Waals surface area contributed by atoms with E-state index in [1.165, 1.54) is 17.7 Å². The molecule has 1 aromatic heterocycles. The summed E-state index contributed by atoms with van der Waals surface area (Å²) >= 11 is 0. The number of pyridine rings is 1. The van der Waals surface area contributed by atoms with Gasteiger partial charge in [0.2, 0.25) is 5.91 Å². The third kappa shape index (κ3) is 5.60. The smallest absolute Gasteiger partial charge is 0.224 e. The van der Waals surface area contributed by atoms with E-state index in [1.54, 1.807) is 24.5 Å². The van der Waals surface area contributed by atoms with E-state index in [0.29, 0.717) is 6.04 Å². The van der Waals surface area contributed by atoms with E-state index in [0.717, 1.165) is 56.7 Å². The highest BCUT2D eigenvalue weighted by Crippen LogP contribution is 2.40. The minimum absolute atomic E-state index is 0.0467. The Balaban J connectivity index is 1.40. The van der Waals surface area contributed by atoms with Crippen molar-refractivity contribution in [2.45, 2.75) is 37.3 Å². The molecule has 5 nitrogen and oxygen atoms in total. The van der Waals surface area contributed by atoms with Crippen molar-refractivity contribution in [2.24, 2.45) is 5.92 Å². The van der Waals surface area contributed by atoms with Gasteiger partial charge < -0.3 is 10.1 Å². The molecule has 3 aromatic rings. The number of aromatic nitrogens is 1. The molecule has 182 valence electrons. The van der Waals surface area contributed by atoms with Crippen molar-refractivity contribution < 1.29 is 13.9 Å². The minimum Gasteiger partial charge on any atom is -0.379 e. The van der Waals surface area contributed by atoms with Crippen LogP contribution >= 0.6 is 0 Å². The van der Waals surface area contributed by atoms with Crippen molar-refractivity contribution in [1.29, 1.82) is 0 Å². The fraction of sp³-hybridized carbons (Fsp3) is 0.379. The fourth-order valence-corrected chi connectivity index (χ4v) is 5.62. The van der Waals surface area contributed by atoms with Crippen LogP contribution in [0.15, 0.2) is 79.1 Å². The predicted octanol–water partition coefficient (Wildman–Crippen LogP) is 4.71. The van der Waals surface area contributed by atoms with Crippen LogP contribution < -0.4 is 5.32 Å². The monoisotopic (exact) mass is 473 g/mol. The summed E-state index contributed by atoms with van der Waals surface area (Å²) in [6.07, 6.45) is 6.23. The van der Waals surface area contributed by atoms with Crippen LogP contribution in [-0.4, -0.2) is 48.1 Å². The molecule has 6 heteroatoms. The van der Waals surface area contributed by atoms with Gasteiger partial charge in [-0.2, -0.15) is 0 Å². The van der Waals surface area contributed by atoms with Crippen LogP contribution in [0.1, 0.15) is 47.9 Å². The summed E-state index contributed by atoms with van der Waals surface area (Å²) in [7, 11) is 0. The van der Waals surface area contributed by atoms with Gasteiger partial charge in [0.15, 0.2) is 0 Å². The summed E-state index contributed by atoms with van der Waals surface area (Å²) in [5.74, 6) is -0.229. The molecule has 0 bridgehead atoms. The third-order valence-corrected chi connectivity index (χ3v) is 7.48. The van der Waals surface area contributed by atoms with Crippen molar-refractivity contribution in [1.82, 2.24) is 15.2 Å². The van der Waals surface area contributed by atoms with Gasteiger partial charge in [-0.15, -0.1) is 0 Å². The molecule has 1 N–H and O–H groups in total. The largest absolute Gasteiger partial charge is 0.379 e. The van der Waals surface area contributed by atoms with Crippen LogP contribution in [0.4, 0.5) is 4.39 Å². The SMILES string of the molecule is O=C(NC(c1ccncc1)c1ccc(F)cc1)C1CCC(N2CCOCC2)CC1c1ccccc1. The number of nitrogens with zero attached hydrogens (tertiary/aromatic N) is 2. The first kappa shape index (κ1) is 23.6. The lowest BCUT2D eigenvalue weighted by Crippen LogP contribution is -2.48. The molecule has 35 heavy (non-hydrogen) atoms. The number of rotatable bonds is 6. The molecule has 0 spiro atoms. The predicted molar refractivity (Wildman–Crippen MR) is 133 cm³/mol. The summed E-state index contributed by atoms with van der Waals surface area (Å²) in [4.78, 5) is 20.5. The van der Waals surface area contributed by atoms with E-state index in [2.05, 4.69) is 39.5 Å². The first-order chi connectivity index (χ1) is 17.2. The number of amides is 1. The van der Waals surface area contributed by atoms with Gasteiger partial charge in [-0.25, -0.2) is 4.39 Å². The van der Waals surface area contributed by atoms with Gasteiger partial charge in [0, 0.05) is 37.4 Å². The highest BCUT2D eigenvalue weighted by atomic mass is 19.1. The molecule has 2 aromatic carbocycles. The average molecular weight is 474 g/mol. The number of hydrogen-bond acceptors (Lipinski definition) is 4. The van der Waals surface area contributed by atoms with Crippen LogP contribution in [0.5, 0.6) is 0 Å². The van der Waals surface area contributed by atoms with E-state index >= 15 is 0 Å². The van der Waals surface area contributed by atoms with Gasteiger partial charge in [0.25, 0.3) is 0 Å². The Morgan fingerprint density at radius 2 is 1.63 bits per heavy atom. The fourth-order valence-electron chi connectivity index (χ4n) is 5.62. The zero-order chi connectivity index (χ0) is 24.0. The second-order valence-corrected chi connectivity index (χ2v) is 9.51. The highest BCUT2D eigenvalue weighted by molar-refractivity contribution is 5.81. The van der Waals surface area contributed by atoms with E-state index < -0.39 is 0 Å². The number of ether oxygens (including phenoxy) is 1. The summed E-state index contributed by atoms with van der Waals surface area (Å²) in [6, 6.07) is 20.7. The second kappa shape index (κ2) is 11.1. The number of nitrogens with one attached hydrogen (secondary N) is 1. The van der Waals surface area contributed by atoms with Gasteiger partial charge in [-0.1, -0.05) is 42.5 Å². The van der Waals surface area contributed by atoms with E-state index in [1.807, 2.05) is 18.2 Å². The van der Waals surface area contributed by atoms with Crippen molar-refractivity contribution in [2.75, 3.05) is 26.3 Å². The van der Waals surface area contributed by atoms with Gasteiger partial charge in [0.1, 0.15) is 5.82 Å². The summed E-state index contributed by atoms with van der Waals surface area (Å²) in [5.41, 5.74) is 3.00. The van der Waals surface area contributed by atoms with Crippen LogP contribution in [0.3, 0.4) is 0 Å². The summed E-state index contributed by atoms with van der Waals surface area (Å²) in [5, 5.41) is 3.31. The Kier molecular flexibility index (Phi) is 7.50. The molecule has 1 saturated heterocycles. The standard InChI is InChI=1S/C29H32FN3O2/c30-24-8-6-22(7-9-24)28(23-12-14-31-15-13-23)32-29(34)26-11-10-25(33-16-18-35-19-17-33)20-27(26)21-4-2-1-3-5-21/h1-9,12-15,25-28H,10-11,16-20H2,(H,32,34). The quantitative estimate of drug-likeness (QED) is 0.563. The lowest BCUT2D eigenvalue weighted by Gasteiger charge is -2.42. The van der Waals surface area contributed by atoms with Crippen molar-refractivity contribution in [3.05, 3.63) is 102 Å². The van der Waals surface area contributed by atoms with Crippen molar-refractivity contribution in [3.8, 4) is 0 Å². The minimum atomic E-state index is -0.362. The Labute approximate surface area is 206 Å². The molecule has 4 unspecified atom stereocenters. The summed E-state index contributed by atoms with van der Waals surface area (Å²) < 4.78 is 19.2.